The van der Waals surface area contributed by atoms with E-state index in [0.29, 0.717) is 0 Å². The zero-order chi connectivity index (χ0) is 7.84. The van der Waals surface area contributed by atoms with Gasteiger partial charge in [0, 0.05) is 0 Å². The van der Waals surface area contributed by atoms with Crippen LogP contribution in [0.4, 0.5) is 0 Å². The van der Waals surface area contributed by atoms with Crippen molar-refractivity contribution in [3.63, 3.8) is 0 Å². The standard InChI is InChI=1S/C10H11As/c1-8-10-6-4-3-5-9(10)7-11(8)2/h3-7H,1-2H3. The second kappa shape index (κ2) is 2.53. The molecule has 11 heavy (non-hydrogen) atoms. The van der Waals surface area contributed by atoms with E-state index in [4.69, 9.17) is 0 Å². The van der Waals surface area contributed by atoms with E-state index < -0.39 is 14.7 Å². The number of hydrogen-bond acceptors (Lipinski definition) is 0. The van der Waals surface area contributed by atoms with Crippen molar-refractivity contribution in [3.8, 4) is 0 Å². The van der Waals surface area contributed by atoms with E-state index in [1.54, 1.807) is 4.36 Å². The first-order valence-corrected chi connectivity index (χ1v) is 7.69. The summed E-state index contributed by atoms with van der Waals surface area (Å²) < 4.78 is 1.65. The Morgan fingerprint density at radius 3 is 2.64 bits per heavy atom. The first kappa shape index (κ1) is 7.18. The molecule has 0 saturated carbocycles. The summed E-state index contributed by atoms with van der Waals surface area (Å²) in [7, 11) is 0. The minimum absolute atomic E-state index is 0.703. The van der Waals surface area contributed by atoms with Crippen LogP contribution in [0.3, 0.4) is 0 Å². The van der Waals surface area contributed by atoms with E-state index in [-0.39, 0.29) is 0 Å². The first-order chi connectivity index (χ1) is 5.29. The molecule has 0 bridgehead atoms. The SMILES string of the molecule is CC1=c2ccccc2=C[As]1C. The molecule has 0 aliphatic carbocycles. The van der Waals surface area contributed by atoms with E-state index in [0.717, 1.165) is 0 Å². The third-order valence-electron chi connectivity index (χ3n) is 2.21. The van der Waals surface area contributed by atoms with Crippen molar-refractivity contribution in [2.24, 2.45) is 0 Å². The minimum atomic E-state index is -0.703. The summed E-state index contributed by atoms with van der Waals surface area (Å²) in [5.41, 5.74) is 2.39. The molecule has 0 aromatic heterocycles. The second-order valence-corrected chi connectivity index (χ2v) is 7.43. The van der Waals surface area contributed by atoms with Crippen molar-refractivity contribution in [2.45, 2.75) is 12.6 Å². The Balaban J connectivity index is 2.89. The molecule has 0 spiro atoms. The maximum atomic E-state index is 2.47. The van der Waals surface area contributed by atoms with Crippen LogP contribution in [0, 0.1) is 0 Å². The first-order valence-electron chi connectivity index (χ1n) is 3.80. The van der Waals surface area contributed by atoms with Crippen LogP contribution in [0.1, 0.15) is 6.92 Å². The van der Waals surface area contributed by atoms with Crippen LogP contribution in [0.2, 0.25) is 5.71 Å². The summed E-state index contributed by atoms with van der Waals surface area (Å²) in [6, 6.07) is 8.70. The van der Waals surface area contributed by atoms with E-state index >= 15 is 0 Å². The van der Waals surface area contributed by atoms with Gasteiger partial charge in [-0.2, -0.15) is 0 Å². The van der Waals surface area contributed by atoms with E-state index in [9.17, 15) is 0 Å². The van der Waals surface area contributed by atoms with Gasteiger partial charge in [0.15, 0.2) is 0 Å². The zero-order valence-corrected chi connectivity index (χ0v) is 8.71. The van der Waals surface area contributed by atoms with Crippen molar-refractivity contribution in [1.29, 1.82) is 0 Å². The molecule has 1 aliphatic rings. The Morgan fingerprint density at radius 2 is 1.91 bits per heavy atom. The topological polar surface area (TPSA) is 0 Å². The van der Waals surface area contributed by atoms with Gasteiger partial charge in [0.05, 0.1) is 0 Å². The van der Waals surface area contributed by atoms with Crippen LogP contribution < -0.4 is 10.4 Å². The van der Waals surface area contributed by atoms with Crippen molar-refractivity contribution < 1.29 is 0 Å². The third kappa shape index (κ3) is 1.06. The van der Waals surface area contributed by atoms with Crippen molar-refractivity contribution >= 4 is 23.9 Å². The predicted molar refractivity (Wildman–Crippen MR) is 50.9 cm³/mol. The molecule has 1 aromatic rings. The fraction of sp³-hybridized carbons (Fsp3) is 0.200. The molecule has 0 fully saturated rings. The summed E-state index contributed by atoms with van der Waals surface area (Å²) >= 11 is -0.703. The fourth-order valence-electron chi connectivity index (χ4n) is 1.43. The molecule has 0 amide bonds. The number of benzene rings is 1. The average Bonchev–Trinajstić information content (AvgIpc) is 2.30. The number of rotatable bonds is 0. The average molecular weight is 206 g/mol. The van der Waals surface area contributed by atoms with Gasteiger partial charge in [0.1, 0.15) is 0 Å². The van der Waals surface area contributed by atoms with Crippen molar-refractivity contribution in [2.75, 3.05) is 0 Å². The van der Waals surface area contributed by atoms with Crippen molar-refractivity contribution in [1.82, 2.24) is 0 Å². The van der Waals surface area contributed by atoms with Crippen LogP contribution in [-0.2, 0) is 0 Å². The molecular weight excluding hydrogens is 195 g/mol. The van der Waals surface area contributed by atoms with Crippen molar-refractivity contribution in [3.05, 3.63) is 34.7 Å². The molecule has 0 saturated heterocycles. The van der Waals surface area contributed by atoms with Gasteiger partial charge in [0.25, 0.3) is 0 Å². The maximum absolute atomic E-state index is 2.47. The molecule has 0 nitrogen and oxygen atoms in total. The van der Waals surface area contributed by atoms with Gasteiger partial charge in [-0.3, -0.25) is 0 Å². The predicted octanol–water partition coefficient (Wildman–Crippen LogP) is 0.854. The van der Waals surface area contributed by atoms with E-state index in [1.807, 2.05) is 0 Å². The summed E-state index contributed by atoms with van der Waals surface area (Å²) in [5, 5.41) is 2.96. The van der Waals surface area contributed by atoms with Crippen LogP contribution in [-0.4, -0.2) is 14.7 Å². The summed E-state index contributed by atoms with van der Waals surface area (Å²) in [4.78, 5) is 2.47. The molecule has 2 rings (SSSR count). The summed E-state index contributed by atoms with van der Waals surface area (Å²) in [6.07, 6.45) is 0. The van der Waals surface area contributed by atoms with Crippen LogP contribution in [0.15, 0.2) is 24.3 Å². The molecule has 0 N–H and O–H groups in total. The Hall–Kier alpha value is -0.482. The Bertz CT molecular complexity index is 390. The summed E-state index contributed by atoms with van der Waals surface area (Å²) in [5.74, 6) is 0. The molecular formula is C10H11As. The van der Waals surface area contributed by atoms with Crippen LogP contribution in [0.25, 0.3) is 9.22 Å². The number of fused-ring (bicyclic) bond motifs is 1. The van der Waals surface area contributed by atoms with Gasteiger partial charge >= 0.3 is 71.2 Å². The molecule has 1 heterocycles. The summed E-state index contributed by atoms with van der Waals surface area (Å²) in [6.45, 7) is 2.28. The Morgan fingerprint density at radius 1 is 1.18 bits per heavy atom. The quantitative estimate of drug-likeness (QED) is 0.552. The van der Waals surface area contributed by atoms with E-state index in [1.165, 1.54) is 10.4 Å². The normalized spacial score (nSPS) is 21.3. The zero-order valence-electron chi connectivity index (χ0n) is 6.83. The number of hydrogen-bond donors (Lipinski definition) is 0. The second-order valence-electron chi connectivity index (χ2n) is 2.91. The van der Waals surface area contributed by atoms with Gasteiger partial charge in [-0.25, -0.2) is 0 Å². The fourth-order valence-corrected chi connectivity index (χ4v) is 4.41. The van der Waals surface area contributed by atoms with Gasteiger partial charge in [-0.1, -0.05) is 0 Å². The van der Waals surface area contributed by atoms with Crippen LogP contribution >= 0.6 is 0 Å². The van der Waals surface area contributed by atoms with E-state index in [2.05, 4.69) is 41.8 Å². The monoisotopic (exact) mass is 206 g/mol. The molecule has 1 aromatic carbocycles. The molecule has 56 valence electrons. The molecule has 1 atom stereocenters. The van der Waals surface area contributed by atoms with Gasteiger partial charge in [-0.05, 0) is 0 Å². The molecule has 1 aliphatic heterocycles. The molecule has 1 unspecified atom stereocenters. The Labute approximate surface area is 71.5 Å². The molecule has 1 heteroatoms. The van der Waals surface area contributed by atoms with Crippen LogP contribution in [0.5, 0.6) is 0 Å². The van der Waals surface area contributed by atoms with Gasteiger partial charge < -0.3 is 0 Å². The third-order valence-corrected chi connectivity index (χ3v) is 6.33. The molecule has 0 radical (unpaired) electrons. The Kier molecular flexibility index (Phi) is 1.65. The van der Waals surface area contributed by atoms with Gasteiger partial charge in [0.2, 0.25) is 0 Å². The van der Waals surface area contributed by atoms with Gasteiger partial charge in [-0.15, -0.1) is 0 Å².